The fourth-order valence-corrected chi connectivity index (χ4v) is 1.47. The van der Waals surface area contributed by atoms with Crippen molar-refractivity contribution in [1.29, 1.82) is 0 Å². The van der Waals surface area contributed by atoms with Crippen LogP contribution in [0.15, 0.2) is 0 Å². The molecule has 18 heavy (non-hydrogen) atoms. The van der Waals surface area contributed by atoms with E-state index >= 15 is 0 Å². The average molecular weight is 260 g/mol. The first kappa shape index (κ1) is 17.4. The van der Waals surface area contributed by atoms with Gasteiger partial charge in [-0.1, -0.05) is 13.3 Å². The Kier molecular flexibility index (Phi) is 12.3. The Labute approximate surface area is 111 Å². The summed E-state index contributed by atoms with van der Waals surface area (Å²) in [6.07, 6.45) is 3.22. The van der Waals surface area contributed by atoms with Gasteiger partial charge in [0.05, 0.1) is 13.2 Å². The van der Waals surface area contributed by atoms with E-state index < -0.39 is 0 Å². The van der Waals surface area contributed by atoms with Crippen molar-refractivity contribution >= 4 is 5.91 Å². The second kappa shape index (κ2) is 12.8. The van der Waals surface area contributed by atoms with Crippen molar-refractivity contribution in [2.24, 2.45) is 0 Å². The lowest BCUT2D eigenvalue weighted by Gasteiger charge is -2.13. The molecule has 0 rings (SSSR count). The van der Waals surface area contributed by atoms with Gasteiger partial charge in [-0.05, 0) is 26.3 Å². The standard InChI is InChI=1S/C13H28N2O3/c1-4-5-8-18-9-6-7-14-10-13(16)15-12(2)11-17-3/h12,14H,4-11H2,1-3H3,(H,15,16). The summed E-state index contributed by atoms with van der Waals surface area (Å²) in [5.41, 5.74) is 0. The molecule has 1 amide bonds. The van der Waals surface area contributed by atoms with E-state index in [2.05, 4.69) is 17.6 Å². The molecule has 0 bridgehead atoms. The number of rotatable bonds is 12. The van der Waals surface area contributed by atoms with Gasteiger partial charge in [-0.2, -0.15) is 0 Å². The normalized spacial score (nSPS) is 12.4. The second-order valence-electron chi connectivity index (χ2n) is 4.42. The molecule has 0 aromatic rings. The van der Waals surface area contributed by atoms with Gasteiger partial charge in [-0.3, -0.25) is 4.79 Å². The monoisotopic (exact) mass is 260 g/mol. The van der Waals surface area contributed by atoms with E-state index in [-0.39, 0.29) is 11.9 Å². The number of hydrogen-bond donors (Lipinski definition) is 2. The fraction of sp³-hybridized carbons (Fsp3) is 0.923. The van der Waals surface area contributed by atoms with Crippen molar-refractivity contribution in [3.8, 4) is 0 Å². The van der Waals surface area contributed by atoms with Gasteiger partial charge >= 0.3 is 0 Å². The number of ether oxygens (including phenoxy) is 2. The van der Waals surface area contributed by atoms with E-state index in [0.29, 0.717) is 13.2 Å². The van der Waals surface area contributed by atoms with Gasteiger partial charge in [0, 0.05) is 26.4 Å². The van der Waals surface area contributed by atoms with E-state index in [0.717, 1.165) is 39.0 Å². The number of amides is 1. The van der Waals surface area contributed by atoms with Crippen LogP contribution in [0.2, 0.25) is 0 Å². The third-order valence-electron chi connectivity index (χ3n) is 2.39. The zero-order valence-corrected chi connectivity index (χ0v) is 12.0. The molecule has 0 fully saturated rings. The number of methoxy groups -OCH3 is 1. The molecule has 108 valence electrons. The maximum Gasteiger partial charge on any atom is 0.234 e. The minimum absolute atomic E-state index is 0.00597. The third-order valence-corrected chi connectivity index (χ3v) is 2.39. The average Bonchev–Trinajstić information content (AvgIpc) is 2.32. The molecule has 0 aromatic heterocycles. The summed E-state index contributed by atoms with van der Waals surface area (Å²) in [4.78, 5) is 11.4. The highest BCUT2D eigenvalue weighted by Gasteiger charge is 2.05. The molecule has 5 nitrogen and oxygen atoms in total. The third kappa shape index (κ3) is 11.8. The van der Waals surface area contributed by atoms with Gasteiger partial charge in [-0.15, -0.1) is 0 Å². The van der Waals surface area contributed by atoms with E-state index in [1.54, 1.807) is 7.11 Å². The van der Waals surface area contributed by atoms with Crippen LogP contribution >= 0.6 is 0 Å². The van der Waals surface area contributed by atoms with Crippen LogP contribution in [-0.2, 0) is 14.3 Å². The molecule has 0 aliphatic heterocycles. The summed E-state index contributed by atoms with van der Waals surface area (Å²) in [6.45, 7) is 7.36. The zero-order chi connectivity index (χ0) is 13.6. The van der Waals surface area contributed by atoms with Crippen molar-refractivity contribution in [1.82, 2.24) is 10.6 Å². The maximum absolute atomic E-state index is 11.4. The Hall–Kier alpha value is -0.650. The number of unbranched alkanes of at least 4 members (excludes halogenated alkanes) is 1. The summed E-state index contributed by atoms with van der Waals surface area (Å²) < 4.78 is 10.4. The van der Waals surface area contributed by atoms with Crippen LogP contribution in [0.5, 0.6) is 0 Å². The van der Waals surface area contributed by atoms with Crippen LogP contribution in [0.3, 0.4) is 0 Å². The first-order chi connectivity index (χ1) is 8.70. The Bertz CT molecular complexity index is 201. The summed E-state index contributed by atoms with van der Waals surface area (Å²) in [5.74, 6) is 0.00597. The maximum atomic E-state index is 11.4. The van der Waals surface area contributed by atoms with Gasteiger partial charge in [-0.25, -0.2) is 0 Å². The molecular weight excluding hydrogens is 232 g/mol. The molecule has 2 N–H and O–H groups in total. The van der Waals surface area contributed by atoms with Crippen molar-refractivity contribution in [2.75, 3.05) is 40.0 Å². The smallest absolute Gasteiger partial charge is 0.234 e. The lowest BCUT2D eigenvalue weighted by Crippen LogP contribution is -2.41. The predicted octanol–water partition coefficient (Wildman–Crippen LogP) is 0.934. The fourth-order valence-electron chi connectivity index (χ4n) is 1.47. The van der Waals surface area contributed by atoms with Gasteiger partial charge in [0.15, 0.2) is 0 Å². The highest BCUT2D eigenvalue weighted by Crippen LogP contribution is 1.89. The summed E-state index contributed by atoms with van der Waals surface area (Å²) in [5, 5.41) is 5.93. The Balaban J connectivity index is 3.25. The topological polar surface area (TPSA) is 59.6 Å². The number of carbonyl (C=O) groups excluding carboxylic acids is 1. The van der Waals surface area contributed by atoms with E-state index in [1.807, 2.05) is 6.92 Å². The van der Waals surface area contributed by atoms with Gasteiger partial charge < -0.3 is 20.1 Å². The van der Waals surface area contributed by atoms with Crippen LogP contribution in [-0.4, -0.2) is 52.0 Å². The molecule has 1 atom stereocenters. The second-order valence-corrected chi connectivity index (χ2v) is 4.42. The molecule has 0 aliphatic carbocycles. The van der Waals surface area contributed by atoms with Crippen molar-refractivity contribution < 1.29 is 14.3 Å². The van der Waals surface area contributed by atoms with Crippen LogP contribution in [0, 0.1) is 0 Å². The molecular formula is C13H28N2O3. The van der Waals surface area contributed by atoms with Crippen LogP contribution in [0.25, 0.3) is 0 Å². The zero-order valence-electron chi connectivity index (χ0n) is 12.0. The highest BCUT2D eigenvalue weighted by molar-refractivity contribution is 5.78. The first-order valence-electron chi connectivity index (χ1n) is 6.77. The minimum atomic E-state index is 0.00597. The molecule has 0 heterocycles. The Morgan fingerprint density at radius 3 is 2.67 bits per heavy atom. The lowest BCUT2D eigenvalue weighted by molar-refractivity contribution is -0.121. The summed E-state index contributed by atoms with van der Waals surface area (Å²) in [7, 11) is 1.62. The van der Waals surface area contributed by atoms with Crippen LogP contribution < -0.4 is 10.6 Å². The summed E-state index contributed by atoms with van der Waals surface area (Å²) >= 11 is 0. The SMILES string of the molecule is CCCCOCCCNCC(=O)NC(C)COC. The van der Waals surface area contributed by atoms with Crippen molar-refractivity contribution in [3.63, 3.8) is 0 Å². The molecule has 0 saturated heterocycles. The molecule has 0 radical (unpaired) electrons. The number of nitrogens with one attached hydrogen (secondary N) is 2. The quantitative estimate of drug-likeness (QED) is 0.513. The number of hydrogen-bond acceptors (Lipinski definition) is 4. The molecule has 0 aromatic carbocycles. The molecule has 1 unspecified atom stereocenters. The first-order valence-corrected chi connectivity index (χ1v) is 6.77. The molecule has 5 heteroatoms. The largest absolute Gasteiger partial charge is 0.383 e. The van der Waals surface area contributed by atoms with E-state index in [4.69, 9.17) is 9.47 Å². The predicted molar refractivity (Wildman–Crippen MR) is 72.7 cm³/mol. The van der Waals surface area contributed by atoms with Crippen molar-refractivity contribution in [2.45, 2.75) is 39.2 Å². The van der Waals surface area contributed by atoms with E-state index in [1.165, 1.54) is 0 Å². The van der Waals surface area contributed by atoms with Gasteiger partial charge in [0.2, 0.25) is 5.91 Å². The molecule has 0 saturated carbocycles. The van der Waals surface area contributed by atoms with Crippen LogP contribution in [0.4, 0.5) is 0 Å². The minimum Gasteiger partial charge on any atom is -0.383 e. The molecule has 0 spiro atoms. The van der Waals surface area contributed by atoms with E-state index in [9.17, 15) is 4.79 Å². The van der Waals surface area contributed by atoms with Gasteiger partial charge in [0.25, 0.3) is 0 Å². The Morgan fingerprint density at radius 2 is 2.00 bits per heavy atom. The summed E-state index contributed by atoms with van der Waals surface area (Å²) in [6, 6.07) is 0.0571. The Morgan fingerprint density at radius 1 is 1.28 bits per heavy atom. The van der Waals surface area contributed by atoms with Crippen LogP contribution in [0.1, 0.15) is 33.1 Å². The lowest BCUT2D eigenvalue weighted by atomic mass is 10.3. The molecule has 0 aliphatic rings. The highest BCUT2D eigenvalue weighted by atomic mass is 16.5. The number of carbonyl (C=O) groups is 1. The van der Waals surface area contributed by atoms with Crippen molar-refractivity contribution in [3.05, 3.63) is 0 Å². The van der Waals surface area contributed by atoms with Gasteiger partial charge in [0.1, 0.15) is 0 Å².